The average molecular weight is 277 g/mol. The van der Waals surface area contributed by atoms with Gasteiger partial charge < -0.3 is 14.8 Å². The van der Waals surface area contributed by atoms with Gasteiger partial charge in [-0.3, -0.25) is 19.8 Å². The van der Waals surface area contributed by atoms with E-state index < -0.39 is 0 Å². The number of aromatic amines is 2. The number of methoxy groups -OCH3 is 2. The van der Waals surface area contributed by atoms with Crippen LogP contribution in [0.4, 0.5) is 0 Å². The van der Waals surface area contributed by atoms with E-state index in [1.165, 1.54) is 6.07 Å². The smallest absolute Gasteiger partial charge is 0.269 e. The normalized spacial score (nSPS) is 10.1. The van der Waals surface area contributed by atoms with Crippen molar-refractivity contribution in [3.63, 3.8) is 0 Å². The largest absolute Gasteiger partial charge is 0.493 e. The Morgan fingerprint density at radius 2 is 1.90 bits per heavy atom. The first-order valence-corrected chi connectivity index (χ1v) is 5.91. The second kappa shape index (κ2) is 5.96. The number of carbonyl (C=O) groups is 1. The molecule has 2 aromatic rings. The highest BCUT2D eigenvalue weighted by molar-refractivity contribution is 5.92. The lowest BCUT2D eigenvalue weighted by Gasteiger charge is -2.10. The van der Waals surface area contributed by atoms with E-state index in [0.717, 1.165) is 5.56 Å². The lowest BCUT2D eigenvalue weighted by molar-refractivity contribution is 0.0946. The number of rotatable bonds is 5. The zero-order valence-corrected chi connectivity index (χ0v) is 11.1. The summed E-state index contributed by atoms with van der Waals surface area (Å²) >= 11 is 0. The number of amides is 1. The summed E-state index contributed by atoms with van der Waals surface area (Å²) in [7, 11) is 3.10. The number of ether oxygens (including phenoxy) is 2. The van der Waals surface area contributed by atoms with Crippen molar-refractivity contribution < 1.29 is 14.3 Å². The van der Waals surface area contributed by atoms with Gasteiger partial charge in [-0.15, -0.1) is 0 Å². The maximum atomic E-state index is 11.8. The van der Waals surface area contributed by atoms with Gasteiger partial charge in [-0.05, 0) is 17.7 Å². The van der Waals surface area contributed by atoms with E-state index in [4.69, 9.17) is 9.47 Å². The van der Waals surface area contributed by atoms with Crippen LogP contribution in [0.3, 0.4) is 0 Å². The van der Waals surface area contributed by atoms with Crippen LogP contribution >= 0.6 is 0 Å². The molecule has 0 aliphatic heterocycles. The van der Waals surface area contributed by atoms with E-state index in [1.807, 2.05) is 6.07 Å². The molecule has 7 heteroatoms. The van der Waals surface area contributed by atoms with E-state index in [2.05, 4.69) is 15.5 Å². The topological polar surface area (TPSA) is 96.2 Å². The van der Waals surface area contributed by atoms with Gasteiger partial charge >= 0.3 is 0 Å². The van der Waals surface area contributed by atoms with Crippen LogP contribution in [0.2, 0.25) is 0 Å². The molecule has 2 rings (SSSR count). The number of H-pyrrole nitrogens is 2. The maximum Gasteiger partial charge on any atom is 0.269 e. The Labute approximate surface area is 114 Å². The van der Waals surface area contributed by atoms with Crippen LogP contribution in [0.25, 0.3) is 0 Å². The van der Waals surface area contributed by atoms with Gasteiger partial charge in [0.05, 0.1) is 14.2 Å². The third kappa shape index (κ3) is 3.00. The highest BCUT2D eigenvalue weighted by atomic mass is 16.5. The summed E-state index contributed by atoms with van der Waals surface area (Å²) in [5.41, 5.74) is 0.700. The second-order valence-electron chi connectivity index (χ2n) is 4.04. The van der Waals surface area contributed by atoms with Crippen LogP contribution in [0, 0.1) is 0 Å². The molecule has 3 N–H and O–H groups in total. The van der Waals surface area contributed by atoms with Crippen LogP contribution in [-0.4, -0.2) is 30.3 Å². The molecule has 0 saturated heterocycles. The van der Waals surface area contributed by atoms with Gasteiger partial charge in [0, 0.05) is 12.6 Å². The third-order valence-electron chi connectivity index (χ3n) is 2.74. The Balaban J connectivity index is 2.04. The van der Waals surface area contributed by atoms with Gasteiger partial charge in [0.25, 0.3) is 11.5 Å². The zero-order valence-electron chi connectivity index (χ0n) is 11.1. The standard InChI is InChI=1S/C13H15N3O4/c1-19-10-4-3-8(5-11(10)20-2)7-14-13(18)9-6-12(17)16-15-9/h3-6H,7H2,1-2H3,(H,14,18)(H2,15,16,17). The molecule has 0 atom stereocenters. The molecule has 0 aliphatic rings. The number of carbonyl (C=O) groups excluding carboxylic acids is 1. The molecule has 0 saturated carbocycles. The molecule has 7 nitrogen and oxygen atoms in total. The number of aromatic nitrogens is 2. The van der Waals surface area contributed by atoms with E-state index >= 15 is 0 Å². The van der Waals surface area contributed by atoms with Crippen molar-refractivity contribution in [1.82, 2.24) is 15.5 Å². The Hall–Kier alpha value is -2.70. The fourth-order valence-corrected chi connectivity index (χ4v) is 1.72. The second-order valence-corrected chi connectivity index (χ2v) is 4.04. The number of benzene rings is 1. The van der Waals surface area contributed by atoms with Crippen LogP contribution < -0.4 is 20.3 Å². The van der Waals surface area contributed by atoms with Gasteiger partial charge in [-0.2, -0.15) is 0 Å². The monoisotopic (exact) mass is 277 g/mol. The third-order valence-corrected chi connectivity index (χ3v) is 2.74. The van der Waals surface area contributed by atoms with Crippen molar-refractivity contribution in [2.45, 2.75) is 6.54 Å². The highest BCUT2D eigenvalue weighted by Gasteiger charge is 2.09. The predicted molar refractivity (Wildman–Crippen MR) is 72.1 cm³/mol. The number of nitrogens with one attached hydrogen (secondary N) is 3. The maximum absolute atomic E-state index is 11.8. The summed E-state index contributed by atoms with van der Waals surface area (Å²) in [5.74, 6) is 0.852. The molecule has 1 aromatic heterocycles. The van der Waals surface area contributed by atoms with Crippen molar-refractivity contribution in [2.24, 2.45) is 0 Å². The molecule has 1 heterocycles. The van der Waals surface area contributed by atoms with Gasteiger partial charge in [0.15, 0.2) is 11.5 Å². The van der Waals surface area contributed by atoms with E-state index in [1.54, 1.807) is 26.4 Å². The summed E-state index contributed by atoms with van der Waals surface area (Å²) in [5, 5.41) is 7.48. The molecule has 106 valence electrons. The fraction of sp³-hybridized carbons (Fsp3) is 0.231. The van der Waals surface area contributed by atoms with Crippen LogP contribution in [0.1, 0.15) is 16.1 Å². The molecular weight excluding hydrogens is 262 g/mol. The Morgan fingerprint density at radius 1 is 1.15 bits per heavy atom. The average Bonchev–Trinajstić information content (AvgIpc) is 2.91. The molecule has 20 heavy (non-hydrogen) atoms. The quantitative estimate of drug-likeness (QED) is 0.747. The molecule has 1 amide bonds. The molecular formula is C13H15N3O4. The van der Waals surface area contributed by atoms with Crippen LogP contribution in [0.15, 0.2) is 29.1 Å². The van der Waals surface area contributed by atoms with Crippen molar-refractivity contribution in [1.29, 1.82) is 0 Å². The Bertz CT molecular complexity index is 660. The Morgan fingerprint density at radius 3 is 2.50 bits per heavy atom. The summed E-state index contributed by atoms with van der Waals surface area (Å²) in [6, 6.07) is 6.56. The number of hydrogen-bond acceptors (Lipinski definition) is 4. The summed E-state index contributed by atoms with van der Waals surface area (Å²) in [6.45, 7) is 0.312. The molecule has 0 radical (unpaired) electrons. The van der Waals surface area contributed by atoms with Gasteiger partial charge in [0.2, 0.25) is 0 Å². The van der Waals surface area contributed by atoms with Crippen molar-refractivity contribution in [3.05, 3.63) is 45.9 Å². The minimum absolute atomic E-state index is 0.190. The van der Waals surface area contributed by atoms with Gasteiger partial charge in [-0.1, -0.05) is 6.07 Å². The molecule has 1 aromatic carbocycles. The van der Waals surface area contributed by atoms with Gasteiger partial charge in [0.1, 0.15) is 5.69 Å². The molecule has 0 spiro atoms. The summed E-state index contributed by atoms with van der Waals surface area (Å²) in [4.78, 5) is 22.7. The first-order valence-electron chi connectivity index (χ1n) is 5.91. The first-order chi connectivity index (χ1) is 9.63. The Kier molecular flexibility index (Phi) is 4.09. The lowest BCUT2D eigenvalue weighted by Crippen LogP contribution is -2.23. The van der Waals surface area contributed by atoms with Gasteiger partial charge in [-0.25, -0.2) is 0 Å². The fourth-order valence-electron chi connectivity index (χ4n) is 1.72. The lowest BCUT2D eigenvalue weighted by atomic mass is 10.2. The number of hydrogen-bond donors (Lipinski definition) is 3. The van der Waals surface area contributed by atoms with Crippen LogP contribution in [-0.2, 0) is 6.54 Å². The van der Waals surface area contributed by atoms with E-state index in [-0.39, 0.29) is 17.2 Å². The van der Waals surface area contributed by atoms with E-state index in [9.17, 15) is 9.59 Å². The SMILES string of the molecule is COc1ccc(CNC(=O)c2cc(=O)[nH][nH]2)cc1OC. The summed E-state index contributed by atoms with van der Waals surface area (Å²) in [6.07, 6.45) is 0. The van der Waals surface area contributed by atoms with E-state index in [0.29, 0.717) is 18.0 Å². The molecule has 0 aliphatic carbocycles. The van der Waals surface area contributed by atoms with Crippen molar-refractivity contribution in [3.8, 4) is 11.5 Å². The predicted octanol–water partition coefficient (Wildman–Crippen LogP) is 0.650. The minimum Gasteiger partial charge on any atom is -0.493 e. The summed E-state index contributed by atoms with van der Waals surface area (Å²) < 4.78 is 10.3. The molecule has 0 fully saturated rings. The first kappa shape index (κ1) is 13.7. The van der Waals surface area contributed by atoms with Crippen molar-refractivity contribution >= 4 is 5.91 Å². The van der Waals surface area contributed by atoms with Crippen molar-refractivity contribution in [2.75, 3.05) is 14.2 Å². The molecule has 0 unspecified atom stereocenters. The minimum atomic E-state index is -0.363. The van der Waals surface area contributed by atoms with Crippen LogP contribution in [0.5, 0.6) is 11.5 Å². The molecule has 0 bridgehead atoms. The zero-order chi connectivity index (χ0) is 14.5. The highest BCUT2D eigenvalue weighted by Crippen LogP contribution is 2.27.